The van der Waals surface area contributed by atoms with Gasteiger partial charge in [0.15, 0.2) is 0 Å². The number of benzene rings is 1. The molecule has 2 aromatic rings. The van der Waals surface area contributed by atoms with Crippen molar-refractivity contribution in [3.8, 4) is 6.07 Å². The highest BCUT2D eigenvalue weighted by atomic mass is 16.2. The second-order valence-corrected chi connectivity index (χ2v) is 4.01. The van der Waals surface area contributed by atoms with Gasteiger partial charge in [0.1, 0.15) is 0 Å². The molecule has 19 heavy (non-hydrogen) atoms. The molecule has 0 fully saturated rings. The Morgan fingerprint density at radius 1 is 1.21 bits per heavy atom. The van der Waals surface area contributed by atoms with E-state index in [9.17, 15) is 9.59 Å². The number of carbonyl (C=O) groups is 1. The van der Waals surface area contributed by atoms with Gasteiger partial charge in [-0.05, 0) is 30.3 Å². The molecular formula is C14H11N3O2. The highest BCUT2D eigenvalue weighted by Gasteiger charge is 2.06. The number of amides is 1. The lowest BCUT2D eigenvalue weighted by Crippen LogP contribution is -2.19. The van der Waals surface area contributed by atoms with E-state index in [1.807, 2.05) is 6.07 Å². The van der Waals surface area contributed by atoms with E-state index in [1.165, 1.54) is 22.9 Å². The molecule has 1 aromatic heterocycles. The molecule has 0 bridgehead atoms. The van der Waals surface area contributed by atoms with E-state index in [-0.39, 0.29) is 11.5 Å². The van der Waals surface area contributed by atoms with Crippen LogP contribution in [0.25, 0.3) is 0 Å². The third-order valence-corrected chi connectivity index (χ3v) is 2.62. The minimum Gasteiger partial charge on any atom is -0.322 e. The fourth-order valence-corrected chi connectivity index (χ4v) is 1.56. The number of nitriles is 1. The van der Waals surface area contributed by atoms with Crippen molar-refractivity contribution >= 4 is 11.6 Å². The summed E-state index contributed by atoms with van der Waals surface area (Å²) in [5.74, 6) is -0.305. The number of hydrogen-bond donors (Lipinski definition) is 1. The number of carbonyl (C=O) groups excluding carboxylic acids is 1. The molecule has 0 saturated carbocycles. The van der Waals surface area contributed by atoms with Crippen LogP contribution in [0, 0.1) is 11.3 Å². The molecule has 1 amide bonds. The molecular weight excluding hydrogens is 242 g/mol. The van der Waals surface area contributed by atoms with E-state index in [2.05, 4.69) is 5.32 Å². The van der Waals surface area contributed by atoms with Gasteiger partial charge in [0.05, 0.1) is 17.2 Å². The van der Waals surface area contributed by atoms with E-state index < -0.39 is 0 Å². The summed E-state index contributed by atoms with van der Waals surface area (Å²) in [6, 6.07) is 11.4. The van der Waals surface area contributed by atoms with Gasteiger partial charge in [0.25, 0.3) is 5.91 Å². The van der Waals surface area contributed by atoms with Crippen LogP contribution in [-0.4, -0.2) is 10.5 Å². The van der Waals surface area contributed by atoms with Gasteiger partial charge >= 0.3 is 0 Å². The van der Waals surface area contributed by atoms with E-state index in [1.54, 1.807) is 31.3 Å². The molecule has 0 aliphatic heterocycles. The monoisotopic (exact) mass is 253 g/mol. The molecule has 1 aromatic carbocycles. The lowest BCUT2D eigenvalue weighted by Gasteiger charge is -2.06. The molecule has 0 saturated heterocycles. The Bertz CT molecular complexity index is 709. The lowest BCUT2D eigenvalue weighted by atomic mass is 10.2. The normalized spacial score (nSPS) is 9.68. The molecule has 1 heterocycles. The molecule has 0 aliphatic rings. The first-order valence-electron chi connectivity index (χ1n) is 5.58. The zero-order valence-corrected chi connectivity index (χ0v) is 10.3. The van der Waals surface area contributed by atoms with Crippen LogP contribution in [0.5, 0.6) is 0 Å². The first-order valence-corrected chi connectivity index (χ1v) is 5.58. The molecule has 1 N–H and O–H groups in total. The zero-order chi connectivity index (χ0) is 13.8. The van der Waals surface area contributed by atoms with Gasteiger partial charge in [-0.15, -0.1) is 0 Å². The van der Waals surface area contributed by atoms with Gasteiger partial charge in [-0.2, -0.15) is 5.26 Å². The van der Waals surface area contributed by atoms with Crippen LogP contribution in [0.3, 0.4) is 0 Å². The van der Waals surface area contributed by atoms with Crippen LogP contribution in [-0.2, 0) is 7.05 Å². The van der Waals surface area contributed by atoms with Crippen molar-refractivity contribution in [2.45, 2.75) is 0 Å². The van der Waals surface area contributed by atoms with Crippen LogP contribution in [0.1, 0.15) is 15.9 Å². The van der Waals surface area contributed by atoms with E-state index in [4.69, 9.17) is 5.26 Å². The van der Waals surface area contributed by atoms with Gasteiger partial charge in [0, 0.05) is 25.0 Å². The molecule has 5 nitrogen and oxygen atoms in total. The quantitative estimate of drug-likeness (QED) is 0.881. The first-order chi connectivity index (χ1) is 9.10. The largest absolute Gasteiger partial charge is 0.322 e. The summed E-state index contributed by atoms with van der Waals surface area (Å²) in [6.45, 7) is 0. The number of rotatable bonds is 2. The number of aromatic nitrogens is 1. The Morgan fingerprint density at radius 2 is 1.89 bits per heavy atom. The third kappa shape index (κ3) is 2.87. The highest BCUT2D eigenvalue weighted by Crippen LogP contribution is 2.10. The zero-order valence-electron chi connectivity index (χ0n) is 10.3. The summed E-state index contributed by atoms with van der Waals surface area (Å²) in [5, 5.41) is 11.4. The van der Waals surface area contributed by atoms with Crippen LogP contribution >= 0.6 is 0 Å². The Labute approximate surface area is 109 Å². The van der Waals surface area contributed by atoms with Crippen LogP contribution in [0.15, 0.2) is 47.4 Å². The highest BCUT2D eigenvalue weighted by molar-refractivity contribution is 6.04. The molecule has 0 atom stereocenters. The standard InChI is InChI=1S/C14H11N3O2/c1-17-9-11(4-7-13(17)18)14(19)16-12-5-2-10(8-15)3-6-12/h2-7,9H,1H3,(H,16,19). The van der Waals surface area contributed by atoms with Crippen LogP contribution in [0.2, 0.25) is 0 Å². The van der Waals surface area contributed by atoms with Crippen molar-refractivity contribution in [1.82, 2.24) is 4.57 Å². The Balaban J connectivity index is 2.18. The number of nitrogens with one attached hydrogen (secondary N) is 1. The van der Waals surface area contributed by atoms with Crippen molar-refractivity contribution < 1.29 is 4.79 Å². The Morgan fingerprint density at radius 3 is 2.47 bits per heavy atom. The summed E-state index contributed by atoms with van der Waals surface area (Å²) in [6.07, 6.45) is 1.47. The summed E-state index contributed by atoms with van der Waals surface area (Å²) >= 11 is 0. The van der Waals surface area contributed by atoms with E-state index >= 15 is 0 Å². The van der Waals surface area contributed by atoms with Crippen molar-refractivity contribution in [3.05, 3.63) is 64.1 Å². The minimum absolute atomic E-state index is 0.171. The van der Waals surface area contributed by atoms with Gasteiger partial charge in [0.2, 0.25) is 5.56 Å². The second-order valence-electron chi connectivity index (χ2n) is 4.01. The maximum absolute atomic E-state index is 11.9. The van der Waals surface area contributed by atoms with Crippen molar-refractivity contribution in [2.75, 3.05) is 5.32 Å². The summed E-state index contributed by atoms with van der Waals surface area (Å²) in [5.41, 5.74) is 1.35. The molecule has 0 unspecified atom stereocenters. The fourth-order valence-electron chi connectivity index (χ4n) is 1.56. The van der Waals surface area contributed by atoms with Gasteiger partial charge in [-0.25, -0.2) is 0 Å². The molecule has 0 spiro atoms. The number of pyridine rings is 1. The van der Waals surface area contributed by atoms with E-state index in [0.717, 1.165) is 0 Å². The van der Waals surface area contributed by atoms with Crippen LogP contribution < -0.4 is 10.9 Å². The lowest BCUT2D eigenvalue weighted by molar-refractivity contribution is 0.102. The molecule has 94 valence electrons. The Hall–Kier alpha value is -2.87. The summed E-state index contributed by atoms with van der Waals surface area (Å²) < 4.78 is 1.34. The third-order valence-electron chi connectivity index (χ3n) is 2.62. The average Bonchev–Trinajstić information content (AvgIpc) is 2.42. The number of anilines is 1. The van der Waals surface area contributed by atoms with Crippen LogP contribution in [0.4, 0.5) is 5.69 Å². The predicted octanol–water partition coefficient (Wildman–Crippen LogP) is 1.51. The van der Waals surface area contributed by atoms with E-state index in [0.29, 0.717) is 16.8 Å². The molecule has 0 radical (unpaired) electrons. The maximum atomic E-state index is 11.9. The number of hydrogen-bond acceptors (Lipinski definition) is 3. The Kier molecular flexibility index (Phi) is 3.44. The predicted molar refractivity (Wildman–Crippen MR) is 70.8 cm³/mol. The molecule has 2 rings (SSSR count). The van der Waals surface area contributed by atoms with Crippen molar-refractivity contribution in [1.29, 1.82) is 5.26 Å². The fraction of sp³-hybridized carbons (Fsp3) is 0.0714. The average molecular weight is 253 g/mol. The topological polar surface area (TPSA) is 74.9 Å². The van der Waals surface area contributed by atoms with Gasteiger partial charge in [-0.3, -0.25) is 9.59 Å². The molecule has 0 aliphatic carbocycles. The first kappa shape index (κ1) is 12.6. The number of aryl methyl sites for hydroxylation is 1. The van der Waals surface area contributed by atoms with Gasteiger partial charge < -0.3 is 9.88 Å². The minimum atomic E-state index is -0.305. The SMILES string of the molecule is Cn1cc(C(=O)Nc2ccc(C#N)cc2)ccc1=O. The van der Waals surface area contributed by atoms with Gasteiger partial charge in [-0.1, -0.05) is 0 Å². The second kappa shape index (κ2) is 5.19. The smallest absolute Gasteiger partial charge is 0.257 e. The molecule has 5 heteroatoms. The van der Waals surface area contributed by atoms with Crippen molar-refractivity contribution in [2.24, 2.45) is 7.05 Å². The maximum Gasteiger partial charge on any atom is 0.257 e. The van der Waals surface area contributed by atoms with Crippen molar-refractivity contribution in [3.63, 3.8) is 0 Å². The summed E-state index contributed by atoms with van der Waals surface area (Å²) in [4.78, 5) is 23.2. The summed E-state index contributed by atoms with van der Waals surface area (Å²) in [7, 11) is 1.58. The number of nitrogens with zero attached hydrogens (tertiary/aromatic N) is 2.